The molecule has 12 heteroatoms. The van der Waals surface area contributed by atoms with E-state index in [1.54, 1.807) is 0 Å². The molecule has 108 heavy (non-hydrogen) atoms. The molecule has 0 fully saturated rings. The van der Waals surface area contributed by atoms with Gasteiger partial charge in [0.1, 0.15) is 0 Å². The van der Waals surface area contributed by atoms with Crippen molar-refractivity contribution >= 4 is 0 Å². The second-order valence-corrected chi connectivity index (χ2v) is 26.0. The fraction of sp³-hybridized carbons (Fsp3) is 0. The van der Waals surface area contributed by atoms with Crippen LogP contribution in [0.2, 0.25) is 0 Å². The largest absolute Gasteiger partial charge is 0.208 e. The highest BCUT2D eigenvalue weighted by atomic mass is 15.1. The molecule has 18 aromatic rings. The molecule has 0 unspecified atom stereocenters. The van der Waals surface area contributed by atoms with Crippen LogP contribution in [0.25, 0.3) is 192 Å². The summed E-state index contributed by atoms with van der Waals surface area (Å²) in [5, 5.41) is 0. The van der Waals surface area contributed by atoms with Crippen molar-refractivity contribution < 1.29 is 0 Å². The molecule has 18 rings (SSSR count). The summed E-state index contributed by atoms with van der Waals surface area (Å²) in [6.45, 7) is 0. The first-order valence-corrected chi connectivity index (χ1v) is 35.7. The summed E-state index contributed by atoms with van der Waals surface area (Å²) in [6.07, 6.45) is 0. The van der Waals surface area contributed by atoms with Gasteiger partial charge in [-0.15, -0.1) is 0 Å². The average Bonchev–Trinajstić information content (AvgIpc) is 0.771. The molecular formula is C96H62N12. The van der Waals surface area contributed by atoms with Gasteiger partial charge in [0, 0.05) is 66.8 Å². The molecule has 0 saturated heterocycles. The van der Waals surface area contributed by atoms with E-state index in [4.69, 9.17) is 59.8 Å². The molecule has 0 atom stereocenters. The molecule has 0 saturated carbocycles. The first-order chi connectivity index (χ1) is 53.5. The van der Waals surface area contributed by atoms with Crippen molar-refractivity contribution in [3.63, 3.8) is 0 Å². The zero-order chi connectivity index (χ0) is 72.0. The van der Waals surface area contributed by atoms with Gasteiger partial charge in [0.15, 0.2) is 69.9 Å². The van der Waals surface area contributed by atoms with Crippen molar-refractivity contribution in [2.45, 2.75) is 0 Å². The lowest BCUT2D eigenvalue weighted by molar-refractivity contribution is 1.07. The van der Waals surface area contributed by atoms with Crippen LogP contribution in [0.15, 0.2) is 376 Å². The van der Waals surface area contributed by atoms with Crippen LogP contribution in [0.3, 0.4) is 0 Å². The van der Waals surface area contributed by atoms with Gasteiger partial charge in [-0.05, 0) is 104 Å². The zero-order valence-corrected chi connectivity index (χ0v) is 58.2. The van der Waals surface area contributed by atoms with E-state index < -0.39 is 0 Å². The third-order valence-electron chi connectivity index (χ3n) is 18.9. The van der Waals surface area contributed by atoms with Crippen LogP contribution in [0, 0.1) is 0 Å². The monoisotopic (exact) mass is 1380 g/mol. The van der Waals surface area contributed by atoms with Gasteiger partial charge in [0.25, 0.3) is 0 Å². The number of aromatic nitrogens is 12. The molecule has 14 aromatic carbocycles. The number of benzene rings is 14. The van der Waals surface area contributed by atoms with Crippen LogP contribution < -0.4 is 0 Å². The normalized spacial score (nSPS) is 11.1. The summed E-state index contributed by atoms with van der Waals surface area (Å²) in [5.74, 6) is 6.56. The van der Waals surface area contributed by atoms with Crippen LogP contribution in [0.5, 0.6) is 0 Å². The molecule has 0 amide bonds. The van der Waals surface area contributed by atoms with Crippen molar-refractivity contribution in [1.29, 1.82) is 0 Å². The van der Waals surface area contributed by atoms with Crippen molar-refractivity contribution in [2.24, 2.45) is 0 Å². The fourth-order valence-electron chi connectivity index (χ4n) is 13.5. The topological polar surface area (TPSA) is 155 Å². The van der Waals surface area contributed by atoms with Crippen LogP contribution in [0.1, 0.15) is 0 Å². The van der Waals surface area contributed by atoms with Crippen molar-refractivity contribution in [3.8, 4) is 192 Å². The number of hydrogen-bond donors (Lipinski definition) is 0. The third-order valence-corrected chi connectivity index (χ3v) is 18.9. The van der Waals surface area contributed by atoms with Crippen molar-refractivity contribution in [3.05, 3.63) is 376 Å². The molecule has 0 aliphatic rings. The Morgan fingerprint density at radius 3 is 0.481 bits per heavy atom. The molecule has 0 bridgehead atoms. The Balaban J connectivity index is 0.828. The number of rotatable bonds is 17. The second kappa shape index (κ2) is 29.5. The summed E-state index contributed by atoms with van der Waals surface area (Å²) in [6, 6.07) is 128. The lowest BCUT2D eigenvalue weighted by Gasteiger charge is -2.18. The van der Waals surface area contributed by atoms with E-state index in [1.807, 2.05) is 243 Å². The predicted octanol–water partition coefficient (Wildman–Crippen LogP) is 22.8. The van der Waals surface area contributed by atoms with E-state index in [-0.39, 0.29) is 0 Å². The van der Waals surface area contributed by atoms with Gasteiger partial charge in [-0.3, -0.25) is 0 Å². The lowest BCUT2D eigenvalue weighted by Crippen LogP contribution is -2.02. The van der Waals surface area contributed by atoms with Gasteiger partial charge in [-0.1, -0.05) is 328 Å². The van der Waals surface area contributed by atoms with Gasteiger partial charge < -0.3 is 0 Å². The first-order valence-electron chi connectivity index (χ1n) is 35.7. The molecule has 12 nitrogen and oxygen atoms in total. The van der Waals surface area contributed by atoms with E-state index in [0.717, 1.165) is 122 Å². The minimum atomic E-state index is 0.481. The van der Waals surface area contributed by atoms with Crippen LogP contribution >= 0.6 is 0 Å². The third kappa shape index (κ3) is 13.9. The molecular weight excluding hydrogens is 1320 g/mol. The maximum Gasteiger partial charge on any atom is 0.164 e. The summed E-state index contributed by atoms with van der Waals surface area (Å²) in [5.41, 5.74) is 19.8. The minimum absolute atomic E-state index is 0.481. The Bertz CT molecular complexity index is 5710. The summed E-state index contributed by atoms with van der Waals surface area (Å²) in [7, 11) is 0. The Morgan fingerprint density at radius 2 is 0.241 bits per heavy atom. The lowest BCUT2D eigenvalue weighted by atomic mass is 9.86. The average molecular weight is 1380 g/mol. The molecule has 4 heterocycles. The number of hydrogen-bond acceptors (Lipinski definition) is 12. The fourth-order valence-corrected chi connectivity index (χ4v) is 13.5. The highest BCUT2D eigenvalue weighted by molar-refractivity contribution is 5.96. The van der Waals surface area contributed by atoms with E-state index in [1.165, 1.54) is 0 Å². The van der Waals surface area contributed by atoms with Gasteiger partial charge in [0.05, 0.1) is 0 Å². The predicted molar refractivity (Wildman–Crippen MR) is 432 cm³/mol. The smallest absolute Gasteiger partial charge is 0.164 e. The van der Waals surface area contributed by atoms with Gasteiger partial charge in [-0.25, -0.2) is 59.8 Å². The molecule has 4 aromatic heterocycles. The summed E-state index contributed by atoms with van der Waals surface area (Å²) >= 11 is 0. The highest BCUT2D eigenvalue weighted by Crippen LogP contribution is 2.44. The quantitative estimate of drug-likeness (QED) is 0.0852. The molecule has 0 N–H and O–H groups in total. The van der Waals surface area contributed by atoms with Crippen molar-refractivity contribution in [2.75, 3.05) is 0 Å². The van der Waals surface area contributed by atoms with E-state index in [9.17, 15) is 0 Å². The van der Waals surface area contributed by atoms with E-state index >= 15 is 0 Å². The Kier molecular flexibility index (Phi) is 17.8. The van der Waals surface area contributed by atoms with Crippen LogP contribution in [0.4, 0.5) is 0 Å². The van der Waals surface area contributed by atoms with E-state index in [0.29, 0.717) is 69.9 Å². The molecule has 0 radical (unpaired) electrons. The van der Waals surface area contributed by atoms with Gasteiger partial charge >= 0.3 is 0 Å². The molecule has 0 spiro atoms. The van der Waals surface area contributed by atoms with Crippen LogP contribution in [-0.2, 0) is 0 Å². The highest BCUT2D eigenvalue weighted by Gasteiger charge is 2.23. The van der Waals surface area contributed by atoms with Gasteiger partial charge in [-0.2, -0.15) is 0 Å². The molecule has 0 aliphatic heterocycles. The standard InChI is InChI=1S/C96H62N12/c1-9-31-63(32-10-1)85-97-86(64-33-11-2-12-34-64)102-93(101-85)73-49-29-47-71(55-73)75-57-76(72-48-30-50-74(56-72)94-103-87(65-35-13-3-14-36-65)98-88(104-94)66-37-15-4-16-38-66)59-77(58-75)81-51-25-27-53-83(81)84-54-28-26-52-82(84)78-60-79(95-105-89(67-39-17-5-18-40-67)99-90(106-95)68-41-19-6-20-42-68)62-80(61-78)96-107-91(69-43-21-7-22-44-69)100-92(108-96)70-45-23-8-24-46-70/h1-62H. The Morgan fingerprint density at radius 1 is 0.0926 bits per heavy atom. The Hall–Kier alpha value is -14.9. The maximum atomic E-state index is 5.32. The van der Waals surface area contributed by atoms with Crippen LogP contribution in [-0.4, -0.2) is 59.8 Å². The summed E-state index contributed by atoms with van der Waals surface area (Å²) in [4.78, 5) is 62.3. The first kappa shape index (κ1) is 65.2. The Labute approximate surface area is 624 Å². The van der Waals surface area contributed by atoms with Gasteiger partial charge in [0.2, 0.25) is 0 Å². The second-order valence-electron chi connectivity index (χ2n) is 26.0. The molecule has 506 valence electrons. The van der Waals surface area contributed by atoms with E-state index in [2.05, 4.69) is 133 Å². The minimum Gasteiger partial charge on any atom is -0.208 e. The van der Waals surface area contributed by atoms with Crippen molar-refractivity contribution in [1.82, 2.24) is 59.8 Å². The number of nitrogens with zero attached hydrogens (tertiary/aromatic N) is 12. The molecule has 0 aliphatic carbocycles. The zero-order valence-electron chi connectivity index (χ0n) is 58.2. The maximum absolute atomic E-state index is 5.32. The summed E-state index contributed by atoms with van der Waals surface area (Å²) < 4.78 is 0. The SMILES string of the molecule is c1ccc(-c2nc(-c3ccccc3)nc(-c3cccc(-c4cc(-c5cccc(-c6nc(-c7ccccc7)nc(-c7ccccc7)n6)c5)cc(-c5ccccc5-c5ccccc5-c5cc(-c6nc(-c7ccccc7)nc(-c7ccccc7)n6)cc(-c6nc(-c7ccccc7)nc(-c7ccccc7)n6)c5)c4)c3)n2)cc1.